The van der Waals surface area contributed by atoms with E-state index in [1.54, 1.807) is 24.3 Å². The van der Waals surface area contributed by atoms with Crippen LogP contribution in [0.15, 0.2) is 30.5 Å². The van der Waals surface area contributed by atoms with Crippen LogP contribution >= 0.6 is 0 Å². The van der Waals surface area contributed by atoms with Crippen LogP contribution in [0.5, 0.6) is 0 Å². The monoisotopic (exact) mass is 357 g/mol. The number of hydrogen-bond acceptors (Lipinski definition) is 6. The van der Waals surface area contributed by atoms with Crippen LogP contribution in [0.25, 0.3) is 11.3 Å². The lowest BCUT2D eigenvalue weighted by Crippen LogP contribution is -2.35. The van der Waals surface area contributed by atoms with Gasteiger partial charge in [-0.3, -0.25) is 4.90 Å². The molecule has 7 nitrogen and oxygen atoms in total. The Bertz CT molecular complexity index is 810. The van der Waals surface area contributed by atoms with Gasteiger partial charge in [0.05, 0.1) is 12.7 Å². The second-order valence-corrected chi connectivity index (χ2v) is 6.38. The highest BCUT2D eigenvalue weighted by molar-refractivity contribution is 5.90. The molecule has 8 heteroatoms. The lowest BCUT2D eigenvalue weighted by atomic mass is 10.1. The van der Waals surface area contributed by atoms with E-state index in [0.717, 1.165) is 25.9 Å². The first-order valence-electron chi connectivity index (χ1n) is 8.75. The SMILES string of the molecule is O=C1OCCN1c1cccc(-c2nc(NC3CCNCC3)ncc2F)c1. The maximum atomic E-state index is 14.4. The Morgan fingerprint density at radius 2 is 2.15 bits per heavy atom. The fourth-order valence-corrected chi connectivity index (χ4v) is 3.24. The Labute approximate surface area is 150 Å². The van der Waals surface area contributed by atoms with Crippen molar-refractivity contribution in [1.82, 2.24) is 15.3 Å². The molecule has 0 aliphatic carbocycles. The van der Waals surface area contributed by atoms with Gasteiger partial charge in [0.2, 0.25) is 5.95 Å². The molecule has 3 heterocycles. The molecule has 2 N–H and O–H groups in total. The molecule has 1 amide bonds. The number of ether oxygens (including phenoxy) is 1. The van der Waals surface area contributed by atoms with Gasteiger partial charge in [-0.25, -0.2) is 19.2 Å². The van der Waals surface area contributed by atoms with Crippen molar-refractivity contribution >= 4 is 17.7 Å². The molecule has 1 aromatic carbocycles. The molecule has 0 atom stereocenters. The van der Waals surface area contributed by atoms with Crippen LogP contribution in [0.2, 0.25) is 0 Å². The summed E-state index contributed by atoms with van der Waals surface area (Å²) in [6.45, 7) is 2.73. The Kier molecular flexibility index (Phi) is 4.66. The van der Waals surface area contributed by atoms with Crippen molar-refractivity contribution in [3.63, 3.8) is 0 Å². The summed E-state index contributed by atoms with van der Waals surface area (Å²) in [6.07, 6.45) is 2.74. The van der Waals surface area contributed by atoms with Crippen LogP contribution in [-0.4, -0.2) is 48.3 Å². The van der Waals surface area contributed by atoms with E-state index in [-0.39, 0.29) is 11.7 Å². The number of rotatable bonds is 4. The van der Waals surface area contributed by atoms with E-state index >= 15 is 0 Å². The van der Waals surface area contributed by atoms with Gasteiger partial charge in [-0.15, -0.1) is 0 Å². The van der Waals surface area contributed by atoms with Gasteiger partial charge in [0.25, 0.3) is 0 Å². The van der Waals surface area contributed by atoms with Crippen molar-refractivity contribution in [2.75, 3.05) is 36.5 Å². The fraction of sp³-hybridized carbons (Fsp3) is 0.389. The number of piperidine rings is 1. The molecule has 0 unspecified atom stereocenters. The first-order valence-corrected chi connectivity index (χ1v) is 8.75. The summed E-state index contributed by atoms with van der Waals surface area (Å²) in [5.41, 5.74) is 1.47. The first kappa shape index (κ1) is 16.7. The summed E-state index contributed by atoms with van der Waals surface area (Å²) in [6, 6.07) is 7.36. The quantitative estimate of drug-likeness (QED) is 0.875. The van der Waals surface area contributed by atoms with Crippen molar-refractivity contribution in [2.45, 2.75) is 18.9 Å². The third kappa shape index (κ3) is 3.45. The molecule has 26 heavy (non-hydrogen) atoms. The Hall–Kier alpha value is -2.74. The van der Waals surface area contributed by atoms with Gasteiger partial charge in [-0.2, -0.15) is 0 Å². The standard InChI is InChI=1S/C18H20FN5O2/c19-15-11-21-17(22-13-4-6-20-7-5-13)23-16(15)12-2-1-3-14(10-12)24-8-9-26-18(24)25/h1-3,10-11,13,20H,4-9H2,(H,21,22,23). The van der Waals surface area contributed by atoms with Gasteiger partial charge in [-0.1, -0.05) is 12.1 Å². The number of halogens is 1. The minimum absolute atomic E-state index is 0.214. The van der Waals surface area contributed by atoms with Gasteiger partial charge in [0.1, 0.15) is 12.3 Å². The summed E-state index contributed by atoms with van der Waals surface area (Å²) in [5.74, 6) is -0.0821. The number of benzene rings is 1. The molecule has 2 aliphatic rings. The van der Waals surface area contributed by atoms with E-state index in [2.05, 4.69) is 20.6 Å². The van der Waals surface area contributed by atoms with Crippen LogP contribution in [0.1, 0.15) is 12.8 Å². The molecule has 2 fully saturated rings. The Balaban J connectivity index is 1.60. The molecule has 2 aromatic rings. The van der Waals surface area contributed by atoms with Gasteiger partial charge >= 0.3 is 6.09 Å². The predicted molar refractivity (Wildman–Crippen MR) is 95.6 cm³/mol. The molecule has 2 saturated heterocycles. The van der Waals surface area contributed by atoms with Crippen molar-refractivity contribution in [2.24, 2.45) is 0 Å². The molecular weight excluding hydrogens is 337 g/mol. The summed E-state index contributed by atoms with van der Waals surface area (Å²) in [4.78, 5) is 21.7. The van der Waals surface area contributed by atoms with Crippen LogP contribution in [0.3, 0.4) is 0 Å². The molecule has 0 saturated carbocycles. The van der Waals surface area contributed by atoms with Gasteiger partial charge in [0.15, 0.2) is 5.82 Å². The third-order valence-electron chi connectivity index (χ3n) is 4.61. The number of hydrogen-bond donors (Lipinski definition) is 2. The number of anilines is 2. The molecule has 0 radical (unpaired) electrons. The van der Waals surface area contributed by atoms with Crippen molar-refractivity contribution in [1.29, 1.82) is 0 Å². The number of amides is 1. The second-order valence-electron chi connectivity index (χ2n) is 6.38. The minimum atomic E-state index is -0.498. The number of nitrogens with zero attached hydrogens (tertiary/aromatic N) is 3. The zero-order valence-corrected chi connectivity index (χ0v) is 14.2. The van der Waals surface area contributed by atoms with E-state index < -0.39 is 11.9 Å². The molecule has 0 bridgehead atoms. The highest BCUT2D eigenvalue weighted by Crippen LogP contribution is 2.27. The van der Waals surface area contributed by atoms with Crippen LogP contribution in [0.4, 0.5) is 20.8 Å². The van der Waals surface area contributed by atoms with E-state index in [9.17, 15) is 9.18 Å². The highest BCUT2D eigenvalue weighted by atomic mass is 19.1. The molecule has 4 rings (SSSR count). The number of cyclic esters (lactones) is 1. The maximum Gasteiger partial charge on any atom is 0.414 e. The molecule has 0 spiro atoms. The van der Waals surface area contributed by atoms with E-state index in [1.165, 1.54) is 11.1 Å². The van der Waals surface area contributed by atoms with Gasteiger partial charge in [-0.05, 0) is 38.1 Å². The smallest absolute Gasteiger partial charge is 0.414 e. The fourth-order valence-electron chi connectivity index (χ4n) is 3.24. The zero-order valence-electron chi connectivity index (χ0n) is 14.2. The zero-order chi connectivity index (χ0) is 17.9. The summed E-state index contributed by atoms with van der Waals surface area (Å²) in [7, 11) is 0. The lowest BCUT2D eigenvalue weighted by Gasteiger charge is -2.23. The average Bonchev–Trinajstić information content (AvgIpc) is 3.10. The van der Waals surface area contributed by atoms with Crippen LogP contribution < -0.4 is 15.5 Å². The number of nitrogens with one attached hydrogen (secondary N) is 2. The van der Waals surface area contributed by atoms with Gasteiger partial charge in [0, 0.05) is 17.3 Å². The van der Waals surface area contributed by atoms with E-state index in [4.69, 9.17) is 4.74 Å². The topological polar surface area (TPSA) is 79.4 Å². The van der Waals surface area contributed by atoms with E-state index in [1.807, 2.05) is 0 Å². The average molecular weight is 357 g/mol. The maximum absolute atomic E-state index is 14.4. The summed E-state index contributed by atoms with van der Waals surface area (Å²) >= 11 is 0. The molecule has 1 aromatic heterocycles. The summed E-state index contributed by atoms with van der Waals surface area (Å²) < 4.78 is 19.3. The van der Waals surface area contributed by atoms with Gasteiger partial charge < -0.3 is 15.4 Å². The normalized spacial score (nSPS) is 18.0. The largest absolute Gasteiger partial charge is 0.447 e. The number of carbonyl (C=O) groups is 1. The first-order chi connectivity index (χ1) is 12.7. The summed E-state index contributed by atoms with van der Waals surface area (Å²) in [5, 5.41) is 6.58. The second kappa shape index (κ2) is 7.25. The Morgan fingerprint density at radius 1 is 1.31 bits per heavy atom. The highest BCUT2D eigenvalue weighted by Gasteiger charge is 2.24. The third-order valence-corrected chi connectivity index (χ3v) is 4.61. The molecule has 2 aliphatic heterocycles. The van der Waals surface area contributed by atoms with E-state index in [0.29, 0.717) is 30.4 Å². The predicted octanol–water partition coefficient (Wildman–Crippen LogP) is 2.40. The molecular formula is C18H20FN5O2. The number of carbonyl (C=O) groups excluding carboxylic acids is 1. The lowest BCUT2D eigenvalue weighted by molar-refractivity contribution is 0.181. The minimum Gasteiger partial charge on any atom is -0.447 e. The molecule has 136 valence electrons. The van der Waals surface area contributed by atoms with Crippen molar-refractivity contribution < 1.29 is 13.9 Å². The number of aromatic nitrogens is 2. The van der Waals surface area contributed by atoms with Crippen LogP contribution in [0, 0.1) is 5.82 Å². The van der Waals surface area contributed by atoms with Crippen molar-refractivity contribution in [3.05, 3.63) is 36.3 Å². The Morgan fingerprint density at radius 3 is 2.92 bits per heavy atom. The van der Waals surface area contributed by atoms with Crippen molar-refractivity contribution in [3.8, 4) is 11.3 Å². The van der Waals surface area contributed by atoms with Crippen LogP contribution in [-0.2, 0) is 4.74 Å².